The molecule has 5 aromatic rings. The molecule has 2 fully saturated rings. The summed E-state index contributed by atoms with van der Waals surface area (Å²) < 4.78 is 4.52. The molecule has 0 spiro atoms. The smallest absolute Gasteiger partial charge is 0.243 e. The van der Waals surface area contributed by atoms with E-state index in [-0.39, 0.29) is 68.2 Å². The van der Waals surface area contributed by atoms with E-state index in [9.17, 15) is 20.4 Å². The minimum Gasteiger partial charge on any atom is -0.507 e. The molecule has 4 unspecified atom stereocenters. The summed E-state index contributed by atoms with van der Waals surface area (Å²) in [6, 6.07) is 16.8. The fourth-order valence-electron chi connectivity index (χ4n) is 12.0. The fraction of sp³-hybridized carbons (Fsp3) is 0.587. The Labute approximate surface area is 524 Å². The Hall–Kier alpha value is -6.11. The van der Waals surface area contributed by atoms with Gasteiger partial charge < -0.3 is 31.1 Å². The third-order valence-corrected chi connectivity index (χ3v) is 17.6. The molecule has 1 aromatic heterocycles. The first kappa shape index (κ1) is 68.4. The number of nitrogens with zero attached hydrogens (tertiary/aromatic N) is 6. The second-order valence-corrected chi connectivity index (χ2v) is 31.5. The van der Waals surface area contributed by atoms with Crippen LogP contribution in [0.4, 0.5) is 0 Å². The highest BCUT2D eigenvalue weighted by Crippen LogP contribution is 2.41. The van der Waals surface area contributed by atoms with Gasteiger partial charge in [-0.2, -0.15) is 0 Å². The van der Waals surface area contributed by atoms with E-state index in [0.717, 1.165) is 146 Å². The number of nitrogens with one attached hydrogen (secondary N) is 2. The summed E-state index contributed by atoms with van der Waals surface area (Å²) in [5, 5.41) is 53.6. The van der Waals surface area contributed by atoms with Crippen molar-refractivity contribution < 1.29 is 25.0 Å². The molecule has 87 heavy (non-hydrogen) atoms. The first-order valence-corrected chi connectivity index (χ1v) is 32.7. The van der Waals surface area contributed by atoms with Crippen molar-refractivity contribution in [1.82, 2.24) is 15.2 Å². The Kier molecular flexibility index (Phi) is 22.1. The van der Waals surface area contributed by atoms with Gasteiger partial charge in [-0.15, -0.1) is 0 Å². The quantitative estimate of drug-likeness (QED) is 0.0258. The Morgan fingerprint density at radius 2 is 0.759 bits per heavy atom. The topological polar surface area (TPSA) is 163 Å². The number of imidazole rings is 1. The van der Waals surface area contributed by atoms with Crippen LogP contribution in [-0.4, -0.2) is 87.1 Å². The lowest BCUT2D eigenvalue weighted by molar-refractivity contribution is -0.696. The van der Waals surface area contributed by atoms with Crippen molar-refractivity contribution in [3.8, 4) is 23.0 Å². The summed E-state index contributed by atoms with van der Waals surface area (Å²) in [5.41, 5.74) is 10.1. The van der Waals surface area contributed by atoms with Gasteiger partial charge in [-0.05, 0) is 131 Å². The zero-order chi connectivity index (χ0) is 63.9. The highest BCUT2D eigenvalue weighted by Gasteiger charge is 2.30. The summed E-state index contributed by atoms with van der Waals surface area (Å²) in [7, 11) is 0. The predicted molar refractivity (Wildman–Crippen MR) is 364 cm³/mol. The van der Waals surface area contributed by atoms with Crippen molar-refractivity contribution >= 4 is 24.9 Å². The summed E-state index contributed by atoms with van der Waals surface area (Å²) in [6.07, 6.45) is 24.0. The number of aromatic hydroxyl groups is 4. The van der Waals surface area contributed by atoms with Crippen molar-refractivity contribution in [1.29, 1.82) is 0 Å². The Bertz CT molecular complexity index is 3030. The molecule has 12 nitrogen and oxygen atoms in total. The minimum absolute atomic E-state index is 0.0161. The Morgan fingerprint density at radius 3 is 1.09 bits per heavy atom. The second kappa shape index (κ2) is 28.2. The van der Waals surface area contributed by atoms with Gasteiger partial charge in [-0.1, -0.05) is 175 Å². The molecule has 0 bridgehead atoms. The number of phenols is 4. The van der Waals surface area contributed by atoms with Gasteiger partial charge in [0, 0.05) is 82.5 Å². The molecule has 0 amide bonds. The molecule has 4 aromatic carbocycles. The number of rotatable bonds is 20. The summed E-state index contributed by atoms with van der Waals surface area (Å²) in [4.78, 5) is 20.5. The number of hydrogen-bond acceptors (Lipinski definition) is 10. The number of phenolic OH excluding ortho intramolecular Hbond substituents is 4. The monoisotopic (exact) mass is 1190 g/mol. The lowest BCUT2D eigenvalue weighted by Crippen LogP contribution is -2.33. The predicted octanol–water partition coefficient (Wildman–Crippen LogP) is 15.4. The molecule has 0 saturated heterocycles. The molecule has 4 atom stereocenters. The van der Waals surface area contributed by atoms with Crippen LogP contribution in [0.5, 0.6) is 23.0 Å². The van der Waals surface area contributed by atoms with Gasteiger partial charge in [0.05, 0.1) is 37.3 Å². The number of hydrogen-bond donors (Lipinski definition) is 6. The van der Waals surface area contributed by atoms with Crippen LogP contribution >= 0.6 is 0 Å². The minimum atomic E-state index is -0.262. The third kappa shape index (κ3) is 18.7. The van der Waals surface area contributed by atoms with Gasteiger partial charge in [0.15, 0.2) is 0 Å². The van der Waals surface area contributed by atoms with Crippen molar-refractivity contribution in [2.45, 2.75) is 272 Å². The molecule has 6 N–H and O–H groups in total. The summed E-state index contributed by atoms with van der Waals surface area (Å²) in [5.74, 6) is 1.17. The van der Waals surface area contributed by atoms with E-state index < -0.39 is 0 Å². The summed E-state index contributed by atoms with van der Waals surface area (Å²) >= 11 is 0. The maximum Gasteiger partial charge on any atom is 0.243 e. The third-order valence-electron chi connectivity index (χ3n) is 17.6. The van der Waals surface area contributed by atoms with Crippen LogP contribution in [-0.2, 0) is 58.7 Å². The fourth-order valence-corrected chi connectivity index (χ4v) is 12.0. The first-order valence-electron chi connectivity index (χ1n) is 32.7. The van der Waals surface area contributed by atoms with Gasteiger partial charge in [-0.3, -0.25) is 20.0 Å². The van der Waals surface area contributed by atoms with Gasteiger partial charge >= 0.3 is 0 Å². The van der Waals surface area contributed by atoms with E-state index in [1.54, 1.807) is 0 Å². The zero-order valence-corrected chi connectivity index (χ0v) is 56.8. The van der Waals surface area contributed by atoms with Gasteiger partial charge in [-0.25, -0.2) is 9.13 Å². The highest BCUT2D eigenvalue weighted by atomic mass is 16.3. The number of aryl methyl sites for hydroxylation is 2. The number of aliphatic imine (C=N–C) groups is 4. The van der Waals surface area contributed by atoms with Crippen LogP contribution in [0.25, 0.3) is 0 Å². The molecular formula is C75H111N8O4+. The van der Waals surface area contributed by atoms with E-state index in [4.69, 9.17) is 20.0 Å². The summed E-state index contributed by atoms with van der Waals surface area (Å²) in [6.45, 7) is 43.8. The maximum absolute atomic E-state index is 11.7. The average Bonchev–Trinajstić information content (AvgIpc) is 1.48. The average molecular weight is 1190 g/mol. The van der Waals surface area contributed by atoms with Gasteiger partial charge in [0.25, 0.3) is 0 Å². The van der Waals surface area contributed by atoms with Gasteiger partial charge in [0.2, 0.25) is 6.33 Å². The van der Waals surface area contributed by atoms with Crippen LogP contribution in [0.2, 0.25) is 0 Å². The lowest BCUT2D eigenvalue weighted by Gasteiger charge is -2.28. The first-order chi connectivity index (χ1) is 40.6. The van der Waals surface area contributed by atoms with Crippen molar-refractivity contribution in [3.63, 3.8) is 0 Å². The highest BCUT2D eigenvalue weighted by molar-refractivity contribution is 5.87. The Morgan fingerprint density at radius 1 is 0.437 bits per heavy atom. The molecule has 474 valence electrons. The molecule has 0 radical (unpaired) electrons. The van der Waals surface area contributed by atoms with E-state index >= 15 is 0 Å². The molecule has 12 heteroatoms. The van der Waals surface area contributed by atoms with Crippen molar-refractivity contribution in [2.24, 2.45) is 20.0 Å². The van der Waals surface area contributed by atoms with Crippen molar-refractivity contribution in [3.05, 3.63) is 134 Å². The van der Waals surface area contributed by atoms with E-state index in [0.29, 0.717) is 24.6 Å². The zero-order valence-electron chi connectivity index (χ0n) is 56.8. The molecule has 2 aliphatic rings. The molecule has 7 rings (SSSR count). The SMILES string of the molecule is CC(C)(C)c1cc(C=NC2CCCCC2N=Cc2cc(CNCCCn3cc[n+](CCCNCc4cc(C=NC5CCCCC5N=Cc5cc(C(C)(C)C)cc(C(C)(C)C)c5O)c(O)c(C(C)(C)C)c4)c3)cc(C(C)(C)C)c2O)c(O)c(C(C)(C)C)c1. The maximum atomic E-state index is 11.7. The number of benzene rings is 4. The van der Waals surface area contributed by atoms with Crippen LogP contribution in [0, 0.1) is 0 Å². The van der Waals surface area contributed by atoms with Crippen LogP contribution < -0.4 is 15.2 Å². The van der Waals surface area contributed by atoms with Crippen LogP contribution in [0.3, 0.4) is 0 Å². The van der Waals surface area contributed by atoms with Crippen molar-refractivity contribution in [2.75, 3.05) is 13.1 Å². The molecule has 2 saturated carbocycles. The van der Waals surface area contributed by atoms with Gasteiger partial charge in [0.1, 0.15) is 35.4 Å². The normalized spacial score (nSPS) is 18.8. The lowest BCUT2D eigenvalue weighted by atomic mass is 9.79. The second-order valence-electron chi connectivity index (χ2n) is 31.5. The Balaban J connectivity index is 0.910. The van der Waals surface area contributed by atoms with E-state index in [1.165, 1.54) is 11.1 Å². The van der Waals surface area contributed by atoms with Crippen LogP contribution in [0.1, 0.15) is 256 Å². The largest absolute Gasteiger partial charge is 0.507 e. The molecular weight excluding hydrogens is 1080 g/mol. The molecule has 1 heterocycles. The number of aromatic nitrogens is 2. The standard InChI is InChI=1S/C75H110N8O4/c1-70(2,3)56-39-54(68(86)60(41-56)74(13,14)15)47-80-64-27-21-19-25-62(64)78-45-52-35-50(37-58(66(52)84)72(7,8)9)43-76-29-23-31-82-33-34-83(49-82)32-24-30-77-44-51-36-53(67(85)59(38-51)73(10,11)12)46-79-63-26-20-22-28-65(63)81-48-55-40-57(71(4,5)6)42-61(69(55)87)75(16,17)18/h33-42,45-49,62-65,76-77H,19-32,43-44H2,1-18H3,(H3-,78,79,80,81,84,85,86,87)/p+1. The van der Waals surface area contributed by atoms with E-state index in [1.807, 2.05) is 24.9 Å². The van der Waals surface area contributed by atoms with Crippen LogP contribution in [0.15, 0.2) is 87.2 Å². The van der Waals surface area contributed by atoms with E-state index in [2.05, 4.69) is 212 Å². The molecule has 0 aliphatic heterocycles. The molecule has 2 aliphatic carbocycles.